The van der Waals surface area contributed by atoms with Gasteiger partial charge in [-0.25, -0.2) is 0 Å². The van der Waals surface area contributed by atoms with Crippen LogP contribution in [0.5, 0.6) is 0 Å². The number of hydrogen-bond donors (Lipinski definition) is 0. The molecule has 0 aliphatic heterocycles. The van der Waals surface area contributed by atoms with Gasteiger partial charge < -0.3 is 4.90 Å². The van der Waals surface area contributed by atoms with Crippen LogP contribution in [0.3, 0.4) is 0 Å². The van der Waals surface area contributed by atoms with Gasteiger partial charge in [0.15, 0.2) is 0 Å². The molecule has 0 saturated carbocycles. The van der Waals surface area contributed by atoms with E-state index in [4.69, 9.17) is 0 Å². The fourth-order valence-corrected chi connectivity index (χ4v) is 0.921. The Morgan fingerprint density at radius 2 is 1.89 bits per heavy atom. The van der Waals surface area contributed by atoms with Gasteiger partial charge in [-0.1, -0.05) is 0 Å². The molecular formula is C6H13NOS. The van der Waals surface area contributed by atoms with Crippen molar-refractivity contribution in [3.63, 3.8) is 0 Å². The topological polar surface area (TPSA) is 20.3 Å². The van der Waals surface area contributed by atoms with E-state index in [0.29, 0.717) is 0 Å². The van der Waals surface area contributed by atoms with Gasteiger partial charge in [-0.3, -0.25) is 4.79 Å². The summed E-state index contributed by atoms with van der Waals surface area (Å²) in [7, 11) is 3.63. The summed E-state index contributed by atoms with van der Waals surface area (Å²) in [5.74, 6) is 0.100. The predicted octanol–water partition coefficient (Wildman–Crippen LogP) is 0.405. The van der Waals surface area contributed by atoms with E-state index in [1.54, 1.807) is 24.4 Å². The van der Waals surface area contributed by atoms with E-state index < -0.39 is 0 Å². The van der Waals surface area contributed by atoms with E-state index in [0.717, 1.165) is 0 Å². The van der Waals surface area contributed by atoms with Crippen molar-refractivity contribution in [2.45, 2.75) is 0 Å². The predicted molar refractivity (Wildman–Crippen MR) is 44.2 cm³/mol. The largest absolute Gasteiger partial charge is 0.345 e. The first-order valence-corrected chi connectivity index (χ1v) is 4.77. The molecule has 3 heteroatoms. The zero-order chi connectivity index (χ0) is 7.44. The Morgan fingerprint density at radius 3 is 2.00 bits per heavy atom. The van der Waals surface area contributed by atoms with Crippen molar-refractivity contribution in [2.24, 2.45) is 0 Å². The number of nitrogens with zero attached hydrogens (tertiary/aromatic N) is 1. The van der Waals surface area contributed by atoms with Crippen LogP contribution in [0.4, 0.5) is 0 Å². The molecule has 0 aromatic carbocycles. The Hall–Kier alpha value is -0.310. The highest BCUT2D eigenvalue weighted by atomic mass is 32.2. The van der Waals surface area contributed by atoms with Crippen LogP contribution in [0.1, 0.15) is 0 Å². The molecule has 0 spiro atoms. The van der Waals surface area contributed by atoms with Gasteiger partial charge in [0.2, 0.25) is 0 Å². The lowest BCUT2D eigenvalue weighted by Gasteiger charge is -2.05. The highest BCUT2D eigenvalue weighted by molar-refractivity contribution is 8.14. The monoisotopic (exact) mass is 147 g/mol. The highest BCUT2D eigenvalue weighted by Gasteiger charge is 1.95. The smallest absolute Gasteiger partial charge is 0.251 e. The average molecular weight is 147 g/mol. The normalized spacial score (nSPS) is 9.44. The number of rotatable bonds is 1. The van der Waals surface area contributed by atoms with Crippen LogP contribution in [0.15, 0.2) is 0 Å². The summed E-state index contributed by atoms with van der Waals surface area (Å²) in [5, 5.41) is 1.72. The third kappa shape index (κ3) is 4.21. The molecule has 0 rings (SSSR count). The van der Waals surface area contributed by atoms with Crippen LogP contribution >= 0.6 is 10.5 Å². The maximum absolute atomic E-state index is 10.8. The molecule has 0 fully saturated rings. The van der Waals surface area contributed by atoms with Gasteiger partial charge in [0.1, 0.15) is 0 Å². The summed E-state index contributed by atoms with van der Waals surface area (Å²) >= 11 is 0. The Kier molecular flexibility index (Phi) is 3.54. The maximum atomic E-state index is 10.8. The van der Waals surface area contributed by atoms with E-state index in [-0.39, 0.29) is 16.4 Å². The Bertz CT molecular complexity index is 136. The minimum atomic E-state index is 0.100. The minimum Gasteiger partial charge on any atom is -0.345 e. The second kappa shape index (κ2) is 3.67. The van der Waals surface area contributed by atoms with E-state index >= 15 is 0 Å². The zero-order valence-electron chi connectivity index (χ0n) is 6.34. The molecule has 0 aromatic heterocycles. The van der Waals surface area contributed by atoms with Gasteiger partial charge in [0.05, 0.1) is 0 Å². The minimum absolute atomic E-state index is 0.100. The SMILES string of the molecule is CN(C)C(=O)C=S(C)C. The first-order chi connectivity index (χ1) is 4.04. The summed E-state index contributed by atoms with van der Waals surface area (Å²) in [6.45, 7) is 0. The lowest BCUT2D eigenvalue weighted by Crippen LogP contribution is -2.22. The van der Waals surface area contributed by atoms with Gasteiger partial charge >= 0.3 is 0 Å². The lowest BCUT2D eigenvalue weighted by atomic mass is 10.6. The molecule has 0 heterocycles. The van der Waals surface area contributed by atoms with Gasteiger partial charge in [0, 0.05) is 19.5 Å². The van der Waals surface area contributed by atoms with Gasteiger partial charge in [0.25, 0.3) is 5.91 Å². The van der Waals surface area contributed by atoms with Crippen molar-refractivity contribution in [1.82, 2.24) is 4.90 Å². The Labute approximate surface area is 58.8 Å². The number of hydrogen-bond acceptors (Lipinski definition) is 1. The van der Waals surface area contributed by atoms with Crippen LogP contribution in [0, 0.1) is 0 Å². The van der Waals surface area contributed by atoms with E-state index in [1.165, 1.54) is 0 Å². The molecule has 9 heavy (non-hydrogen) atoms. The van der Waals surface area contributed by atoms with Crippen molar-refractivity contribution in [3.8, 4) is 0 Å². The molecule has 0 aromatic rings. The Balaban J connectivity index is 3.93. The summed E-state index contributed by atoms with van der Waals surface area (Å²) in [6, 6.07) is 0. The Morgan fingerprint density at radius 1 is 1.44 bits per heavy atom. The molecule has 0 aliphatic carbocycles. The van der Waals surface area contributed by atoms with E-state index in [9.17, 15) is 4.79 Å². The second-order valence-corrected chi connectivity index (χ2v) is 4.23. The average Bonchev–Trinajstić information content (AvgIpc) is 1.63. The van der Waals surface area contributed by atoms with Crippen molar-refractivity contribution < 1.29 is 4.79 Å². The molecule has 0 atom stereocenters. The zero-order valence-corrected chi connectivity index (χ0v) is 7.16. The second-order valence-electron chi connectivity index (χ2n) is 2.23. The van der Waals surface area contributed by atoms with Crippen molar-refractivity contribution >= 4 is 21.8 Å². The molecule has 0 radical (unpaired) electrons. The quantitative estimate of drug-likeness (QED) is 0.492. The summed E-state index contributed by atoms with van der Waals surface area (Å²) < 4.78 is 0. The molecule has 0 unspecified atom stereocenters. The van der Waals surface area contributed by atoms with Crippen LogP contribution in [0.25, 0.3) is 0 Å². The number of amides is 1. The number of carbonyl (C=O) groups is 1. The molecule has 0 aliphatic rings. The first kappa shape index (κ1) is 8.69. The van der Waals surface area contributed by atoms with Gasteiger partial charge in [-0.2, -0.15) is 10.5 Å². The molecule has 1 amide bonds. The van der Waals surface area contributed by atoms with Gasteiger partial charge in [-0.15, -0.1) is 0 Å². The van der Waals surface area contributed by atoms with Crippen LogP contribution < -0.4 is 0 Å². The summed E-state index contributed by atoms with van der Waals surface area (Å²) in [5.41, 5.74) is 0. The third-order valence-corrected chi connectivity index (χ3v) is 1.45. The molecular weight excluding hydrogens is 134 g/mol. The van der Waals surface area contributed by atoms with Gasteiger partial charge in [-0.05, 0) is 12.5 Å². The molecule has 0 saturated heterocycles. The molecule has 2 nitrogen and oxygen atoms in total. The van der Waals surface area contributed by atoms with E-state index in [2.05, 4.69) is 0 Å². The van der Waals surface area contributed by atoms with Crippen LogP contribution in [0.2, 0.25) is 0 Å². The molecule has 0 N–H and O–H groups in total. The van der Waals surface area contributed by atoms with E-state index in [1.807, 2.05) is 12.5 Å². The molecule has 0 bridgehead atoms. The standard InChI is InChI=1S/C6H13NOS/c1-7(2)6(8)5-9(3)4/h5H,1-4H3. The van der Waals surface area contributed by atoms with Crippen LogP contribution in [-0.2, 0) is 4.79 Å². The van der Waals surface area contributed by atoms with Crippen molar-refractivity contribution in [1.29, 1.82) is 0 Å². The summed E-state index contributed by atoms with van der Waals surface area (Å²) in [6.07, 6.45) is 4.03. The fourth-order valence-electron chi connectivity index (χ4n) is 0.307. The number of carbonyl (C=O) groups excluding carboxylic acids is 1. The fraction of sp³-hybridized carbons (Fsp3) is 0.667. The lowest BCUT2D eigenvalue weighted by molar-refractivity contribution is -0.121. The molecule has 54 valence electrons. The van der Waals surface area contributed by atoms with Crippen molar-refractivity contribution in [2.75, 3.05) is 26.6 Å². The first-order valence-electron chi connectivity index (χ1n) is 2.66. The maximum Gasteiger partial charge on any atom is 0.251 e. The highest BCUT2D eigenvalue weighted by Crippen LogP contribution is 1.94. The third-order valence-electron chi connectivity index (χ3n) is 0.777. The van der Waals surface area contributed by atoms with Crippen LogP contribution in [-0.4, -0.2) is 42.8 Å². The summed E-state index contributed by atoms with van der Waals surface area (Å²) in [4.78, 5) is 12.4. The van der Waals surface area contributed by atoms with Crippen molar-refractivity contribution in [3.05, 3.63) is 0 Å².